The van der Waals surface area contributed by atoms with Crippen LogP contribution in [0.3, 0.4) is 0 Å². The van der Waals surface area contributed by atoms with Crippen molar-refractivity contribution in [2.45, 2.75) is 26.2 Å². The third-order valence-corrected chi connectivity index (χ3v) is 3.05. The molecular formula is C14H17NO2. The summed E-state index contributed by atoms with van der Waals surface area (Å²) >= 11 is 0. The zero-order valence-electron chi connectivity index (χ0n) is 9.94. The highest BCUT2D eigenvalue weighted by Crippen LogP contribution is 2.23. The van der Waals surface area contributed by atoms with Crippen LogP contribution in [0.15, 0.2) is 30.4 Å². The van der Waals surface area contributed by atoms with Gasteiger partial charge in [0.1, 0.15) is 5.75 Å². The highest BCUT2D eigenvalue weighted by atomic mass is 16.3. The molecule has 1 aliphatic rings. The molecule has 1 aromatic carbocycles. The third-order valence-electron chi connectivity index (χ3n) is 3.05. The summed E-state index contributed by atoms with van der Waals surface area (Å²) in [4.78, 5) is 11.7. The van der Waals surface area contributed by atoms with Gasteiger partial charge in [0.15, 0.2) is 0 Å². The summed E-state index contributed by atoms with van der Waals surface area (Å²) in [6.07, 6.45) is 6.88. The van der Waals surface area contributed by atoms with Gasteiger partial charge in [0.25, 0.3) is 0 Å². The molecule has 1 amide bonds. The van der Waals surface area contributed by atoms with Crippen LogP contribution >= 0.6 is 0 Å². The van der Waals surface area contributed by atoms with E-state index in [1.807, 2.05) is 6.92 Å². The number of allylic oxidation sites excluding steroid dienone is 2. The van der Waals surface area contributed by atoms with Crippen molar-refractivity contribution in [2.75, 3.05) is 5.32 Å². The van der Waals surface area contributed by atoms with Crippen molar-refractivity contribution < 1.29 is 9.90 Å². The number of amides is 1. The van der Waals surface area contributed by atoms with E-state index in [1.165, 1.54) is 0 Å². The number of carbonyl (C=O) groups is 1. The van der Waals surface area contributed by atoms with Gasteiger partial charge in [-0.3, -0.25) is 4.79 Å². The second-order valence-electron chi connectivity index (χ2n) is 4.52. The number of benzene rings is 1. The molecule has 0 aromatic heterocycles. The average Bonchev–Trinajstić information content (AvgIpc) is 2.76. The monoisotopic (exact) mass is 231 g/mol. The molecule has 1 aromatic rings. The van der Waals surface area contributed by atoms with Crippen LogP contribution in [0.2, 0.25) is 0 Å². The van der Waals surface area contributed by atoms with E-state index in [2.05, 4.69) is 17.5 Å². The van der Waals surface area contributed by atoms with Crippen molar-refractivity contribution >= 4 is 11.6 Å². The van der Waals surface area contributed by atoms with Crippen molar-refractivity contribution in [1.29, 1.82) is 0 Å². The van der Waals surface area contributed by atoms with Crippen molar-refractivity contribution in [1.82, 2.24) is 0 Å². The Hall–Kier alpha value is -1.77. The van der Waals surface area contributed by atoms with Crippen LogP contribution in [0.1, 0.15) is 24.8 Å². The van der Waals surface area contributed by atoms with E-state index in [9.17, 15) is 9.90 Å². The van der Waals surface area contributed by atoms with Gasteiger partial charge in [-0.15, -0.1) is 0 Å². The molecule has 2 N–H and O–H groups in total. The molecular weight excluding hydrogens is 214 g/mol. The van der Waals surface area contributed by atoms with Crippen LogP contribution in [0.5, 0.6) is 5.75 Å². The summed E-state index contributed by atoms with van der Waals surface area (Å²) in [7, 11) is 0. The largest absolute Gasteiger partial charge is 0.508 e. The highest BCUT2D eigenvalue weighted by Gasteiger charge is 2.14. The first kappa shape index (κ1) is 11.7. The molecule has 0 fully saturated rings. The fraction of sp³-hybridized carbons (Fsp3) is 0.357. The molecule has 1 unspecified atom stereocenters. The Labute approximate surface area is 101 Å². The molecule has 3 nitrogen and oxygen atoms in total. The minimum absolute atomic E-state index is 0.00445. The molecule has 0 saturated heterocycles. The van der Waals surface area contributed by atoms with Gasteiger partial charge in [-0.05, 0) is 37.3 Å². The molecule has 0 heterocycles. The maximum absolute atomic E-state index is 11.7. The molecule has 1 aliphatic carbocycles. The topological polar surface area (TPSA) is 49.3 Å². The fourth-order valence-corrected chi connectivity index (χ4v) is 2.00. The van der Waals surface area contributed by atoms with Gasteiger partial charge in [0.2, 0.25) is 5.91 Å². The summed E-state index contributed by atoms with van der Waals surface area (Å²) in [6.45, 7) is 1.82. The summed E-state index contributed by atoms with van der Waals surface area (Å²) < 4.78 is 0. The predicted octanol–water partition coefficient (Wildman–Crippen LogP) is 3.00. The van der Waals surface area contributed by atoms with Crippen molar-refractivity contribution in [3.63, 3.8) is 0 Å². The van der Waals surface area contributed by atoms with Gasteiger partial charge in [0, 0.05) is 18.2 Å². The van der Waals surface area contributed by atoms with Crippen molar-refractivity contribution in [3.8, 4) is 5.75 Å². The molecule has 1 atom stereocenters. The molecule has 17 heavy (non-hydrogen) atoms. The van der Waals surface area contributed by atoms with E-state index >= 15 is 0 Å². The summed E-state index contributed by atoms with van der Waals surface area (Å²) in [5.74, 6) is 0.586. The van der Waals surface area contributed by atoms with Gasteiger partial charge in [0.05, 0.1) is 0 Å². The molecule has 0 spiro atoms. The van der Waals surface area contributed by atoms with Crippen LogP contribution in [0.4, 0.5) is 5.69 Å². The van der Waals surface area contributed by atoms with Crippen molar-refractivity contribution in [3.05, 3.63) is 35.9 Å². The summed E-state index contributed by atoms with van der Waals surface area (Å²) in [5, 5.41) is 12.3. The molecule has 3 heteroatoms. The number of carbonyl (C=O) groups excluding carboxylic acids is 1. The number of aryl methyl sites for hydroxylation is 1. The number of rotatable bonds is 3. The van der Waals surface area contributed by atoms with Gasteiger partial charge in [-0.1, -0.05) is 18.2 Å². The van der Waals surface area contributed by atoms with Crippen LogP contribution in [-0.4, -0.2) is 11.0 Å². The lowest BCUT2D eigenvalue weighted by molar-refractivity contribution is -0.116. The molecule has 0 saturated carbocycles. The first-order valence-corrected chi connectivity index (χ1v) is 5.91. The maximum Gasteiger partial charge on any atom is 0.224 e. The van der Waals surface area contributed by atoms with E-state index in [-0.39, 0.29) is 11.7 Å². The predicted molar refractivity (Wildman–Crippen MR) is 68.0 cm³/mol. The number of aromatic hydroxyl groups is 1. The Morgan fingerprint density at radius 2 is 2.35 bits per heavy atom. The summed E-state index contributed by atoms with van der Waals surface area (Å²) in [6, 6.07) is 5.18. The first-order chi connectivity index (χ1) is 8.15. The first-order valence-electron chi connectivity index (χ1n) is 5.91. The van der Waals surface area contributed by atoms with Gasteiger partial charge in [-0.2, -0.15) is 0 Å². The maximum atomic E-state index is 11.7. The van der Waals surface area contributed by atoms with E-state index in [0.29, 0.717) is 18.0 Å². The van der Waals surface area contributed by atoms with Gasteiger partial charge < -0.3 is 10.4 Å². The zero-order chi connectivity index (χ0) is 12.3. The normalized spacial score (nSPS) is 18.3. The number of hydrogen-bond acceptors (Lipinski definition) is 2. The molecule has 0 radical (unpaired) electrons. The Kier molecular flexibility index (Phi) is 3.47. The molecule has 0 aliphatic heterocycles. The Morgan fingerprint density at radius 3 is 3.00 bits per heavy atom. The van der Waals surface area contributed by atoms with Gasteiger partial charge >= 0.3 is 0 Å². The smallest absolute Gasteiger partial charge is 0.224 e. The Balaban J connectivity index is 1.93. The SMILES string of the molecule is Cc1ccc(NC(=O)CC2C=CCC2)cc1O. The minimum atomic E-state index is 0.00445. The van der Waals surface area contributed by atoms with Crippen LogP contribution in [0.25, 0.3) is 0 Å². The van der Waals surface area contributed by atoms with Crippen LogP contribution in [0, 0.1) is 12.8 Å². The lowest BCUT2D eigenvalue weighted by Crippen LogP contribution is -2.14. The Bertz CT molecular complexity index is 452. The zero-order valence-corrected chi connectivity index (χ0v) is 9.94. The van der Waals surface area contributed by atoms with Crippen LogP contribution in [-0.2, 0) is 4.79 Å². The second kappa shape index (κ2) is 5.04. The second-order valence-corrected chi connectivity index (χ2v) is 4.52. The lowest BCUT2D eigenvalue weighted by Gasteiger charge is -2.09. The molecule has 0 bridgehead atoms. The fourth-order valence-electron chi connectivity index (χ4n) is 2.00. The summed E-state index contributed by atoms with van der Waals surface area (Å²) in [5.41, 5.74) is 1.46. The average molecular weight is 231 g/mol. The number of anilines is 1. The van der Waals surface area contributed by atoms with Crippen LogP contribution < -0.4 is 5.32 Å². The number of phenolic OH excluding ortho intramolecular Hbond substituents is 1. The minimum Gasteiger partial charge on any atom is -0.508 e. The van der Waals surface area contributed by atoms with Gasteiger partial charge in [-0.25, -0.2) is 0 Å². The standard InChI is InChI=1S/C14H17NO2/c1-10-6-7-12(9-13(10)16)15-14(17)8-11-4-2-3-5-11/h2,4,6-7,9,11,16H,3,5,8H2,1H3,(H,15,17). The molecule has 90 valence electrons. The molecule has 2 rings (SSSR count). The lowest BCUT2D eigenvalue weighted by atomic mass is 10.0. The number of hydrogen-bond donors (Lipinski definition) is 2. The van der Waals surface area contributed by atoms with Crippen molar-refractivity contribution in [2.24, 2.45) is 5.92 Å². The highest BCUT2D eigenvalue weighted by molar-refractivity contribution is 5.91. The quantitative estimate of drug-likeness (QED) is 0.786. The van der Waals surface area contributed by atoms with E-state index < -0.39 is 0 Å². The number of nitrogens with one attached hydrogen (secondary N) is 1. The number of phenols is 1. The van der Waals surface area contributed by atoms with E-state index in [4.69, 9.17) is 0 Å². The third kappa shape index (κ3) is 3.09. The van der Waals surface area contributed by atoms with E-state index in [0.717, 1.165) is 18.4 Å². The Morgan fingerprint density at radius 1 is 1.53 bits per heavy atom. The van der Waals surface area contributed by atoms with E-state index in [1.54, 1.807) is 18.2 Å².